The molecule has 1 aromatic rings. The third kappa shape index (κ3) is 2.57. The molecule has 2 rings (SSSR count). The van der Waals surface area contributed by atoms with Crippen molar-refractivity contribution in [3.63, 3.8) is 0 Å². The molecule has 0 radical (unpaired) electrons. The Morgan fingerprint density at radius 1 is 1.47 bits per heavy atom. The fourth-order valence-electron chi connectivity index (χ4n) is 1.98. The van der Waals surface area contributed by atoms with Crippen LogP contribution in [0.25, 0.3) is 0 Å². The summed E-state index contributed by atoms with van der Waals surface area (Å²) in [5, 5.41) is 0. The third-order valence-corrected chi connectivity index (χ3v) is 3.39. The second kappa shape index (κ2) is 5.00. The Hall–Kier alpha value is -1.16. The van der Waals surface area contributed by atoms with E-state index in [1.54, 1.807) is 4.90 Å². The topological polar surface area (TPSA) is 20.3 Å². The third-order valence-electron chi connectivity index (χ3n) is 2.95. The van der Waals surface area contributed by atoms with E-state index in [1.165, 1.54) is 6.07 Å². The number of amides is 1. The molecule has 0 aromatic heterocycles. The zero-order valence-corrected chi connectivity index (χ0v) is 9.88. The van der Waals surface area contributed by atoms with Gasteiger partial charge in [-0.05, 0) is 24.5 Å². The molecule has 92 valence electrons. The molecule has 1 aliphatic rings. The molecule has 0 N–H and O–H groups in total. The van der Waals surface area contributed by atoms with Crippen LogP contribution in [-0.4, -0.2) is 29.8 Å². The van der Waals surface area contributed by atoms with Gasteiger partial charge in [0.1, 0.15) is 11.6 Å². The maximum Gasteiger partial charge on any atom is 0.256 e. The van der Waals surface area contributed by atoms with Gasteiger partial charge in [0.05, 0.1) is 5.56 Å². The fraction of sp³-hybridized carbons (Fsp3) is 0.417. The first-order valence-electron chi connectivity index (χ1n) is 5.42. The molecule has 1 saturated heterocycles. The van der Waals surface area contributed by atoms with Crippen LogP contribution < -0.4 is 0 Å². The van der Waals surface area contributed by atoms with Gasteiger partial charge >= 0.3 is 0 Å². The zero-order chi connectivity index (χ0) is 12.4. The minimum absolute atomic E-state index is 0.0818. The maximum absolute atomic E-state index is 13.4. The van der Waals surface area contributed by atoms with E-state index in [4.69, 9.17) is 11.6 Å². The average Bonchev–Trinajstić information content (AvgIpc) is 2.76. The van der Waals surface area contributed by atoms with Crippen LogP contribution in [-0.2, 0) is 0 Å². The Balaban J connectivity index is 2.15. The van der Waals surface area contributed by atoms with Gasteiger partial charge in [0.25, 0.3) is 5.91 Å². The van der Waals surface area contributed by atoms with Gasteiger partial charge in [-0.2, -0.15) is 0 Å². The van der Waals surface area contributed by atoms with E-state index >= 15 is 0 Å². The fourth-order valence-corrected chi connectivity index (χ4v) is 2.23. The molecule has 0 aliphatic carbocycles. The highest BCUT2D eigenvalue weighted by Gasteiger charge is 2.27. The predicted octanol–water partition coefficient (Wildman–Crippen LogP) is 2.67. The lowest BCUT2D eigenvalue weighted by molar-refractivity contribution is 0.0783. The van der Waals surface area contributed by atoms with Gasteiger partial charge < -0.3 is 4.90 Å². The Morgan fingerprint density at radius 3 is 2.82 bits per heavy atom. The first-order chi connectivity index (χ1) is 8.11. The molecule has 1 fully saturated rings. The number of nitrogens with zero attached hydrogens (tertiary/aromatic N) is 1. The summed E-state index contributed by atoms with van der Waals surface area (Å²) in [6.07, 6.45) is 0.831. The second-order valence-corrected chi connectivity index (χ2v) is 4.49. The van der Waals surface area contributed by atoms with Gasteiger partial charge in [-0.25, -0.2) is 8.78 Å². The number of alkyl halides is 1. The largest absolute Gasteiger partial charge is 0.338 e. The molecule has 0 saturated carbocycles. The highest BCUT2D eigenvalue weighted by molar-refractivity contribution is 6.18. The number of carbonyl (C=O) groups excluding carboxylic acids is 1. The summed E-state index contributed by atoms with van der Waals surface area (Å²) in [7, 11) is 0. The SMILES string of the molecule is O=C(c1ccc(F)cc1F)N1CCC(CCl)C1. The molecule has 17 heavy (non-hydrogen) atoms. The quantitative estimate of drug-likeness (QED) is 0.748. The Bertz CT molecular complexity index is 439. The molecule has 2 nitrogen and oxygen atoms in total. The van der Waals surface area contributed by atoms with Crippen molar-refractivity contribution in [1.29, 1.82) is 0 Å². The molecule has 1 amide bonds. The monoisotopic (exact) mass is 259 g/mol. The lowest BCUT2D eigenvalue weighted by atomic mass is 10.1. The van der Waals surface area contributed by atoms with Crippen molar-refractivity contribution in [3.8, 4) is 0 Å². The standard InChI is InChI=1S/C12H12ClF2NO/c13-6-8-3-4-16(7-8)12(17)10-2-1-9(14)5-11(10)15/h1-2,5,8H,3-4,6-7H2. The van der Waals surface area contributed by atoms with E-state index in [-0.39, 0.29) is 11.5 Å². The summed E-state index contributed by atoms with van der Waals surface area (Å²) >= 11 is 5.71. The van der Waals surface area contributed by atoms with Crippen molar-refractivity contribution in [2.24, 2.45) is 5.92 Å². The number of rotatable bonds is 2. The Labute approximate surface area is 103 Å². The number of carbonyl (C=O) groups is 1. The van der Waals surface area contributed by atoms with Crippen LogP contribution in [0.1, 0.15) is 16.8 Å². The Morgan fingerprint density at radius 2 is 2.24 bits per heavy atom. The summed E-state index contributed by atoms with van der Waals surface area (Å²) in [6, 6.07) is 2.99. The van der Waals surface area contributed by atoms with Crippen LogP contribution in [0.3, 0.4) is 0 Å². The number of halogens is 3. The molecule has 1 aromatic carbocycles. The molecule has 1 unspecified atom stereocenters. The van der Waals surface area contributed by atoms with E-state index in [1.807, 2.05) is 0 Å². The maximum atomic E-state index is 13.4. The number of benzene rings is 1. The van der Waals surface area contributed by atoms with E-state index in [0.29, 0.717) is 19.0 Å². The minimum atomic E-state index is -0.815. The predicted molar refractivity (Wildman–Crippen MR) is 61.1 cm³/mol. The summed E-state index contributed by atoms with van der Waals surface area (Å²) < 4.78 is 26.1. The average molecular weight is 260 g/mol. The molecule has 0 spiro atoms. The molecule has 5 heteroatoms. The van der Waals surface area contributed by atoms with Gasteiger partial charge in [-0.3, -0.25) is 4.79 Å². The summed E-state index contributed by atoms with van der Waals surface area (Å²) in [4.78, 5) is 13.5. The van der Waals surface area contributed by atoms with Crippen molar-refractivity contribution in [2.75, 3.05) is 19.0 Å². The van der Waals surface area contributed by atoms with E-state index in [9.17, 15) is 13.6 Å². The van der Waals surface area contributed by atoms with Crippen molar-refractivity contribution in [1.82, 2.24) is 4.90 Å². The smallest absolute Gasteiger partial charge is 0.256 e. The van der Waals surface area contributed by atoms with E-state index in [2.05, 4.69) is 0 Å². The highest BCUT2D eigenvalue weighted by Crippen LogP contribution is 2.21. The highest BCUT2D eigenvalue weighted by atomic mass is 35.5. The summed E-state index contributed by atoms with van der Waals surface area (Å²) in [5.41, 5.74) is -0.0818. The molecular formula is C12H12ClF2NO. The lowest BCUT2D eigenvalue weighted by Gasteiger charge is -2.16. The van der Waals surface area contributed by atoms with Crippen LogP contribution in [0.15, 0.2) is 18.2 Å². The van der Waals surface area contributed by atoms with Gasteiger partial charge in [0.2, 0.25) is 0 Å². The molecule has 1 atom stereocenters. The van der Waals surface area contributed by atoms with Crippen LogP contribution >= 0.6 is 11.6 Å². The van der Waals surface area contributed by atoms with E-state index < -0.39 is 17.5 Å². The van der Waals surface area contributed by atoms with Gasteiger partial charge in [0.15, 0.2) is 0 Å². The van der Waals surface area contributed by atoms with Crippen molar-refractivity contribution >= 4 is 17.5 Å². The number of hydrogen-bond acceptors (Lipinski definition) is 1. The number of likely N-dealkylation sites (tertiary alicyclic amines) is 1. The minimum Gasteiger partial charge on any atom is -0.338 e. The van der Waals surface area contributed by atoms with Crippen LogP contribution in [0, 0.1) is 17.6 Å². The van der Waals surface area contributed by atoms with E-state index in [0.717, 1.165) is 18.6 Å². The van der Waals surface area contributed by atoms with Gasteiger partial charge in [0, 0.05) is 25.0 Å². The van der Waals surface area contributed by atoms with Crippen LogP contribution in [0.2, 0.25) is 0 Å². The molecular weight excluding hydrogens is 248 g/mol. The summed E-state index contributed by atoms with van der Waals surface area (Å²) in [6.45, 7) is 1.12. The first-order valence-corrected chi connectivity index (χ1v) is 5.95. The molecule has 1 aliphatic heterocycles. The van der Waals surface area contributed by atoms with Gasteiger partial charge in [-0.1, -0.05) is 0 Å². The second-order valence-electron chi connectivity index (χ2n) is 4.18. The van der Waals surface area contributed by atoms with Crippen LogP contribution in [0.5, 0.6) is 0 Å². The van der Waals surface area contributed by atoms with Gasteiger partial charge in [-0.15, -0.1) is 11.6 Å². The first kappa shape index (κ1) is 12.3. The summed E-state index contributed by atoms with van der Waals surface area (Å²) in [5.74, 6) is -1.13. The zero-order valence-electron chi connectivity index (χ0n) is 9.13. The molecule has 0 bridgehead atoms. The normalized spacial score (nSPS) is 19.7. The molecule has 1 heterocycles. The van der Waals surface area contributed by atoms with Crippen molar-refractivity contribution in [2.45, 2.75) is 6.42 Å². The van der Waals surface area contributed by atoms with Crippen molar-refractivity contribution in [3.05, 3.63) is 35.4 Å². The Kier molecular flexibility index (Phi) is 3.62. The lowest BCUT2D eigenvalue weighted by Crippen LogP contribution is -2.29. The van der Waals surface area contributed by atoms with Crippen molar-refractivity contribution < 1.29 is 13.6 Å². The number of hydrogen-bond donors (Lipinski definition) is 0. The van der Waals surface area contributed by atoms with Crippen LogP contribution in [0.4, 0.5) is 8.78 Å².